The van der Waals surface area contributed by atoms with Crippen molar-refractivity contribution in [3.8, 4) is 0 Å². The van der Waals surface area contributed by atoms with Gasteiger partial charge in [0.1, 0.15) is 6.04 Å². The molecule has 1 fully saturated rings. The molecule has 8 nitrogen and oxygen atoms in total. The van der Waals surface area contributed by atoms with E-state index in [-0.39, 0.29) is 37.9 Å². The van der Waals surface area contributed by atoms with E-state index in [0.29, 0.717) is 0 Å². The number of nitrogens with one attached hydrogen (secondary N) is 2. The molecular weight excluding hydrogens is 278 g/mol. The van der Waals surface area contributed by atoms with Gasteiger partial charge in [0.25, 0.3) is 0 Å². The first-order valence-corrected chi connectivity index (χ1v) is 7.09. The number of carboxylic acid groups (broad SMARTS) is 1. The highest BCUT2D eigenvalue weighted by molar-refractivity contribution is 5.84. The molecule has 0 aromatic carbocycles. The number of carbonyl (C=O) groups excluding carboxylic acids is 2. The third-order valence-electron chi connectivity index (χ3n) is 3.47. The van der Waals surface area contributed by atoms with Gasteiger partial charge in [-0.1, -0.05) is 6.92 Å². The lowest BCUT2D eigenvalue weighted by Crippen LogP contribution is -2.47. The van der Waals surface area contributed by atoms with Gasteiger partial charge in [-0.15, -0.1) is 0 Å². The number of carbonyl (C=O) groups is 3. The van der Waals surface area contributed by atoms with E-state index in [4.69, 9.17) is 5.11 Å². The number of β-amino-alcohol motifs (C(OH)–C–C–N with tert-alkyl or cyclic N) is 1. The Morgan fingerprint density at radius 3 is 2.62 bits per heavy atom. The van der Waals surface area contributed by atoms with Crippen molar-refractivity contribution >= 4 is 17.9 Å². The summed E-state index contributed by atoms with van der Waals surface area (Å²) in [5.41, 5.74) is 0. The largest absolute Gasteiger partial charge is 0.480 e. The third kappa shape index (κ3) is 5.22. The van der Waals surface area contributed by atoms with E-state index in [1.54, 1.807) is 0 Å². The van der Waals surface area contributed by atoms with Crippen LogP contribution in [0.3, 0.4) is 0 Å². The lowest BCUT2D eigenvalue weighted by molar-refractivity contribution is -0.141. The van der Waals surface area contributed by atoms with Crippen molar-refractivity contribution in [3.05, 3.63) is 0 Å². The van der Waals surface area contributed by atoms with Gasteiger partial charge in [0.15, 0.2) is 0 Å². The molecule has 0 aromatic rings. The minimum absolute atomic E-state index is 0.0120. The van der Waals surface area contributed by atoms with Gasteiger partial charge < -0.3 is 25.7 Å². The van der Waals surface area contributed by atoms with Crippen LogP contribution in [0.1, 0.15) is 33.1 Å². The quantitative estimate of drug-likeness (QED) is 0.528. The zero-order chi connectivity index (χ0) is 16.0. The fourth-order valence-corrected chi connectivity index (χ4v) is 2.11. The zero-order valence-electron chi connectivity index (χ0n) is 12.3. The summed E-state index contributed by atoms with van der Waals surface area (Å²) in [7, 11) is 0. The predicted molar refractivity (Wildman–Crippen MR) is 74.7 cm³/mol. The average Bonchev–Trinajstić information content (AvgIpc) is 2.80. The van der Waals surface area contributed by atoms with Crippen molar-refractivity contribution in [2.24, 2.45) is 0 Å². The van der Waals surface area contributed by atoms with Gasteiger partial charge in [-0.05, 0) is 13.3 Å². The molecular formula is C13H23N3O5. The Bertz CT molecular complexity index is 401. The molecule has 2 unspecified atom stereocenters. The Hall–Kier alpha value is -1.83. The van der Waals surface area contributed by atoms with E-state index in [9.17, 15) is 19.5 Å². The van der Waals surface area contributed by atoms with Gasteiger partial charge >= 0.3 is 12.0 Å². The summed E-state index contributed by atoms with van der Waals surface area (Å²) in [6.45, 7) is 3.96. The van der Waals surface area contributed by atoms with Crippen LogP contribution >= 0.6 is 0 Å². The van der Waals surface area contributed by atoms with Crippen LogP contribution in [-0.2, 0) is 9.59 Å². The van der Waals surface area contributed by atoms with Gasteiger partial charge in [-0.25, -0.2) is 9.59 Å². The number of hydrogen-bond acceptors (Lipinski definition) is 4. The Morgan fingerprint density at radius 1 is 1.38 bits per heavy atom. The lowest BCUT2D eigenvalue weighted by Gasteiger charge is -2.21. The maximum Gasteiger partial charge on any atom is 0.326 e. The lowest BCUT2D eigenvalue weighted by atomic mass is 10.2. The number of urea groups is 1. The predicted octanol–water partition coefficient (Wildman–Crippen LogP) is -0.479. The van der Waals surface area contributed by atoms with E-state index in [1.165, 1.54) is 0 Å². The average molecular weight is 301 g/mol. The number of nitrogens with zero attached hydrogens (tertiary/aromatic N) is 1. The fraction of sp³-hybridized carbons (Fsp3) is 0.769. The maximum atomic E-state index is 11.9. The minimum atomic E-state index is -1.14. The monoisotopic (exact) mass is 301 g/mol. The number of rotatable bonds is 6. The molecule has 1 rings (SSSR count). The third-order valence-corrected chi connectivity index (χ3v) is 3.47. The zero-order valence-corrected chi connectivity index (χ0v) is 12.3. The second-order valence-electron chi connectivity index (χ2n) is 5.25. The Kier molecular flexibility index (Phi) is 6.41. The van der Waals surface area contributed by atoms with Crippen molar-refractivity contribution in [3.63, 3.8) is 0 Å². The summed E-state index contributed by atoms with van der Waals surface area (Å²) in [4.78, 5) is 35.5. The van der Waals surface area contributed by atoms with Crippen LogP contribution in [0, 0.1) is 0 Å². The van der Waals surface area contributed by atoms with E-state index in [1.807, 2.05) is 13.8 Å². The summed E-state index contributed by atoms with van der Waals surface area (Å²) in [6.07, 6.45) is 0.150. The minimum Gasteiger partial charge on any atom is -0.480 e. The van der Waals surface area contributed by atoms with E-state index in [0.717, 1.165) is 11.3 Å². The molecule has 0 saturated carbocycles. The van der Waals surface area contributed by atoms with E-state index in [2.05, 4.69) is 10.6 Å². The second-order valence-corrected chi connectivity index (χ2v) is 5.25. The number of likely N-dealkylation sites (tertiary alicyclic amines) is 1. The molecule has 1 saturated heterocycles. The van der Waals surface area contributed by atoms with Crippen molar-refractivity contribution in [1.82, 2.24) is 15.5 Å². The van der Waals surface area contributed by atoms with Crippen molar-refractivity contribution in [2.75, 3.05) is 13.1 Å². The smallest absolute Gasteiger partial charge is 0.326 e. The van der Waals surface area contributed by atoms with Gasteiger partial charge in [-0.3, -0.25) is 4.79 Å². The number of aliphatic hydroxyl groups excluding tert-OH is 1. The summed E-state index contributed by atoms with van der Waals surface area (Å²) >= 11 is 0. The highest BCUT2D eigenvalue weighted by Gasteiger charge is 2.38. The first-order valence-electron chi connectivity index (χ1n) is 7.09. The Morgan fingerprint density at radius 2 is 2.05 bits per heavy atom. The van der Waals surface area contributed by atoms with Crippen LogP contribution in [0.2, 0.25) is 0 Å². The van der Waals surface area contributed by atoms with Crippen LogP contribution in [-0.4, -0.2) is 64.3 Å². The number of amides is 3. The van der Waals surface area contributed by atoms with Crippen LogP contribution < -0.4 is 10.6 Å². The summed E-state index contributed by atoms with van der Waals surface area (Å²) < 4.78 is 0. The van der Waals surface area contributed by atoms with Crippen molar-refractivity contribution in [2.45, 2.75) is 51.3 Å². The maximum absolute atomic E-state index is 11.9. The molecule has 8 heteroatoms. The number of aliphatic hydroxyl groups is 1. The molecule has 1 heterocycles. The van der Waals surface area contributed by atoms with Crippen LogP contribution in [0.25, 0.3) is 0 Å². The highest BCUT2D eigenvalue weighted by Crippen LogP contribution is 2.17. The molecule has 21 heavy (non-hydrogen) atoms. The van der Waals surface area contributed by atoms with Gasteiger partial charge in [0.2, 0.25) is 5.91 Å². The molecule has 3 atom stereocenters. The Labute approximate surface area is 123 Å². The molecule has 120 valence electrons. The molecule has 1 aliphatic heterocycles. The van der Waals surface area contributed by atoms with Crippen molar-refractivity contribution < 1.29 is 24.6 Å². The van der Waals surface area contributed by atoms with Crippen LogP contribution in [0.5, 0.6) is 0 Å². The van der Waals surface area contributed by atoms with Gasteiger partial charge in [0.05, 0.1) is 6.10 Å². The Balaban J connectivity index is 2.36. The molecule has 3 amide bonds. The molecule has 0 aromatic heterocycles. The van der Waals surface area contributed by atoms with Crippen molar-refractivity contribution in [1.29, 1.82) is 0 Å². The fourth-order valence-electron chi connectivity index (χ4n) is 2.11. The first kappa shape index (κ1) is 17.2. The van der Waals surface area contributed by atoms with Crippen LogP contribution in [0.15, 0.2) is 0 Å². The first-order chi connectivity index (χ1) is 9.85. The summed E-state index contributed by atoms with van der Waals surface area (Å²) in [5.74, 6) is -1.31. The van der Waals surface area contributed by atoms with Gasteiger partial charge in [-0.2, -0.15) is 0 Å². The molecule has 0 spiro atoms. The second kappa shape index (κ2) is 7.82. The highest BCUT2D eigenvalue weighted by atomic mass is 16.4. The van der Waals surface area contributed by atoms with Gasteiger partial charge in [0, 0.05) is 32.0 Å². The number of aliphatic carboxylic acids is 1. The molecule has 4 N–H and O–H groups in total. The molecule has 0 radical (unpaired) electrons. The SMILES string of the molecule is CCC(C)NC(=O)CCNC(=O)N1CC(O)C[C@H]1C(=O)O. The molecule has 1 aliphatic rings. The molecule has 0 aliphatic carbocycles. The van der Waals surface area contributed by atoms with Crippen LogP contribution in [0.4, 0.5) is 4.79 Å². The number of hydrogen-bond donors (Lipinski definition) is 4. The van der Waals surface area contributed by atoms with E-state index >= 15 is 0 Å². The topological polar surface area (TPSA) is 119 Å². The number of carboxylic acids is 1. The summed E-state index contributed by atoms with van der Waals surface area (Å²) in [6, 6.07) is -1.51. The summed E-state index contributed by atoms with van der Waals surface area (Å²) in [5, 5.41) is 23.7. The molecule has 0 bridgehead atoms. The normalized spacial score (nSPS) is 22.7. The standard InChI is InChI=1S/C13H23N3O5/c1-3-8(2)15-11(18)4-5-14-13(21)16-7-9(17)6-10(16)12(19)20/h8-10,17H,3-7H2,1-2H3,(H,14,21)(H,15,18)(H,19,20)/t8?,9?,10-/m0/s1. The van der Waals surface area contributed by atoms with E-state index < -0.39 is 24.1 Å².